The molecule has 0 bridgehead atoms. The molecule has 1 amide bonds. The third-order valence-electron chi connectivity index (χ3n) is 3.63. The molecule has 0 aromatic heterocycles. The van der Waals surface area contributed by atoms with Gasteiger partial charge in [-0.25, -0.2) is 0 Å². The second-order valence-electron chi connectivity index (χ2n) is 6.19. The highest BCUT2D eigenvalue weighted by molar-refractivity contribution is 5.85. The van der Waals surface area contributed by atoms with Gasteiger partial charge in [0, 0.05) is 13.1 Å². The van der Waals surface area contributed by atoms with Crippen molar-refractivity contribution in [3.8, 4) is 0 Å². The van der Waals surface area contributed by atoms with Crippen molar-refractivity contribution in [3.05, 3.63) is 35.9 Å². The summed E-state index contributed by atoms with van der Waals surface area (Å²) in [7, 11) is 1.90. The average Bonchev–Trinajstić information content (AvgIpc) is 2.54. The monoisotopic (exact) mass is 347 g/mol. The number of carbonyl (C=O) groups is 2. The Labute approximate surface area is 149 Å². The summed E-state index contributed by atoms with van der Waals surface area (Å²) in [6, 6.07) is 9.68. The van der Waals surface area contributed by atoms with Gasteiger partial charge in [0.1, 0.15) is 5.78 Å². The first-order valence-corrected chi connectivity index (χ1v) is 8.43. The third-order valence-corrected chi connectivity index (χ3v) is 3.63. The fourth-order valence-electron chi connectivity index (χ4n) is 2.42. The molecule has 0 aliphatic rings. The first-order valence-electron chi connectivity index (χ1n) is 8.43. The molecule has 0 spiro atoms. The predicted molar refractivity (Wildman–Crippen MR) is 99.9 cm³/mol. The number of nitrogens with zero attached hydrogens (tertiary/aromatic N) is 3. The molecule has 25 heavy (non-hydrogen) atoms. The van der Waals surface area contributed by atoms with Crippen molar-refractivity contribution in [2.24, 2.45) is 16.5 Å². The maximum absolute atomic E-state index is 12.5. The Balaban J connectivity index is 2.48. The molecule has 0 fully saturated rings. The molecule has 0 atom stereocenters. The van der Waals surface area contributed by atoms with Crippen LogP contribution in [0.15, 0.2) is 35.3 Å². The number of ketones is 1. The first kappa shape index (κ1) is 20.6. The molecule has 1 aromatic rings. The van der Waals surface area contributed by atoms with E-state index in [-0.39, 0.29) is 30.7 Å². The van der Waals surface area contributed by atoms with Crippen LogP contribution in [-0.4, -0.2) is 60.7 Å². The van der Waals surface area contributed by atoms with E-state index < -0.39 is 0 Å². The number of aliphatic imine (C=N–C) groups is 1. The lowest BCUT2D eigenvalue weighted by Gasteiger charge is -2.25. The lowest BCUT2D eigenvalue weighted by Crippen LogP contribution is -2.41. The van der Waals surface area contributed by atoms with Gasteiger partial charge in [-0.05, 0) is 38.9 Å². The lowest BCUT2D eigenvalue weighted by molar-refractivity contribution is -0.136. The minimum absolute atomic E-state index is 0.0239. The van der Waals surface area contributed by atoms with E-state index in [0.717, 1.165) is 24.9 Å². The molecule has 7 heteroatoms. The molecule has 1 rings (SSSR count). The van der Waals surface area contributed by atoms with E-state index in [1.165, 1.54) is 6.92 Å². The van der Waals surface area contributed by atoms with Gasteiger partial charge in [-0.2, -0.15) is 0 Å². The Morgan fingerprint density at radius 1 is 1.08 bits per heavy atom. The van der Waals surface area contributed by atoms with Crippen LogP contribution in [0.5, 0.6) is 0 Å². The third kappa shape index (κ3) is 9.46. The number of guanidine groups is 1. The van der Waals surface area contributed by atoms with Crippen molar-refractivity contribution in [2.45, 2.75) is 26.3 Å². The number of Topliss-reactive ketones (excluding diaryl/α,β-unsaturated/α-hetero) is 1. The lowest BCUT2D eigenvalue weighted by atomic mass is 10.2. The van der Waals surface area contributed by atoms with Crippen LogP contribution < -0.4 is 11.5 Å². The van der Waals surface area contributed by atoms with E-state index in [2.05, 4.69) is 4.99 Å². The molecule has 0 radical (unpaired) electrons. The summed E-state index contributed by atoms with van der Waals surface area (Å²) in [5.74, 6) is 0.0271. The first-order chi connectivity index (χ1) is 11.9. The molecule has 1 aromatic carbocycles. The summed E-state index contributed by atoms with van der Waals surface area (Å²) in [5, 5.41) is 0. The maximum Gasteiger partial charge on any atom is 0.237 e. The van der Waals surface area contributed by atoms with Crippen LogP contribution in [0.2, 0.25) is 0 Å². The van der Waals surface area contributed by atoms with Gasteiger partial charge < -0.3 is 16.4 Å². The van der Waals surface area contributed by atoms with Gasteiger partial charge in [0.2, 0.25) is 5.91 Å². The smallest absolute Gasteiger partial charge is 0.237 e. The SMILES string of the molecule is CC(=O)CN(Cc1ccccc1)C(=O)CN(C)CCCCN=C(N)N. The summed E-state index contributed by atoms with van der Waals surface area (Å²) in [4.78, 5) is 31.5. The molecule has 7 nitrogen and oxygen atoms in total. The van der Waals surface area contributed by atoms with Crippen LogP contribution in [0.1, 0.15) is 25.3 Å². The standard InChI is InChI=1S/C18H29N5O2/c1-15(24)12-23(13-16-8-4-3-5-9-16)17(25)14-22(2)11-7-6-10-21-18(19)20/h3-5,8-9H,6-7,10-14H2,1-2H3,(H4,19,20,21). The van der Waals surface area contributed by atoms with E-state index >= 15 is 0 Å². The highest BCUT2D eigenvalue weighted by Gasteiger charge is 2.17. The van der Waals surface area contributed by atoms with Gasteiger partial charge in [0.05, 0.1) is 13.1 Å². The van der Waals surface area contributed by atoms with E-state index in [9.17, 15) is 9.59 Å². The summed E-state index contributed by atoms with van der Waals surface area (Å²) < 4.78 is 0. The summed E-state index contributed by atoms with van der Waals surface area (Å²) >= 11 is 0. The molecule has 4 N–H and O–H groups in total. The van der Waals surface area contributed by atoms with Gasteiger partial charge in [0.15, 0.2) is 5.96 Å². The Morgan fingerprint density at radius 3 is 2.36 bits per heavy atom. The van der Waals surface area contributed by atoms with Crippen LogP contribution >= 0.6 is 0 Å². The van der Waals surface area contributed by atoms with E-state index in [1.807, 2.05) is 42.3 Å². The topological polar surface area (TPSA) is 105 Å². The van der Waals surface area contributed by atoms with Crippen molar-refractivity contribution >= 4 is 17.6 Å². The fourth-order valence-corrected chi connectivity index (χ4v) is 2.42. The molecular weight excluding hydrogens is 318 g/mol. The number of hydrogen-bond acceptors (Lipinski definition) is 4. The van der Waals surface area contributed by atoms with Crippen LogP contribution in [0.3, 0.4) is 0 Å². The van der Waals surface area contributed by atoms with Crippen LogP contribution in [0.25, 0.3) is 0 Å². The quantitative estimate of drug-likeness (QED) is 0.346. The second kappa shape index (κ2) is 11.2. The fraction of sp³-hybridized carbons (Fsp3) is 0.500. The molecule has 0 saturated carbocycles. The van der Waals surface area contributed by atoms with Crippen LogP contribution in [0, 0.1) is 0 Å². The normalized spacial score (nSPS) is 10.5. The summed E-state index contributed by atoms with van der Waals surface area (Å²) in [6.45, 7) is 3.71. The Bertz CT molecular complexity index is 570. The second-order valence-corrected chi connectivity index (χ2v) is 6.19. The van der Waals surface area contributed by atoms with Crippen molar-refractivity contribution in [2.75, 3.05) is 33.2 Å². The van der Waals surface area contributed by atoms with Gasteiger partial charge >= 0.3 is 0 Å². The van der Waals surface area contributed by atoms with Crippen molar-refractivity contribution in [1.82, 2.24) is 9.80 Å². The molecule has 138 valence electrons. The molecule has 0 saturated heterocycles. The van der Waals surface area contributed by atoms with Gasteiger partial charge in [-0.1, -0.05) is 30.3 Å². The highest BCUT2D eigenvalue weighted by Crippen LogP contribution is 2.06. The van der Waals surface area contributed by atoms with E-state index in [4.69, 9.17) is 11.5 Å². The zero-order valence-corrected chi connectivity index (χ0v) is 15.1. The van der Waals surface area contributed by atoms with Crippen molar-refractivity contribution in [1.29, 1.82) is 0 Å². The van der Waals surface area contributed by atoms with E-state index in [0.29, 0.717) is 13.1 Å². The molecule has 0 heterocycles. The minimum atomic E-state index is -0.0502. The molecule has 0 aliphatic carbocycles. The Hall–Kier alpha value is -2.41. The number of rotatable bonds is 11. The van der Waals surface area contributed by atoms with Crippen LogP contribution in [-0.2, 0) is 16.1 Å². The Kier molecular flexibility index (Phi) is 9.24. The largest absolute Gasteiger partial charge is 0.370 e. The number of unbranched alkanes of at least 4 members (excludes halogenated alkanes) is 1. The number of likely N-dealkylation sites (N-methyl/N-ethyl adjacent to an activating group) is 1. The molecule has 0 unspecified atom stereocenters. The van der Waals surface area contributed by atoms with Gasteiger partial charge in [0.25, 0.3) is 0 Å². The zero-order valence-electron chi connectivity index (χ0n) is 15.1. The molecule has 0 aliphatic heterocycles. The zero-order chi connectivity index (χ0) is 18.7. The maximum atomic E-state index is 12.5. The van der Waals surface area contributed by atoms with Gasteiger partial charge in [-0.15, -0.1) is 0 Å². The highest BCUT2D eigenvalue weighted by atomic mass is 16.2. The Morgan fingerprint density at radius 2 is 1.76 bits per heavy atom. The number of carbonyl (C=O) groups excluding carboxylic acids is 2. The number of nitrogens with two attached hydrogens (primary N) is 2. The van der Waals surface area contributed by atoms with E-state index in [1.54, 1.807) is 4.90 Å². The minimum Gasteiger partial charge on any atom is -0.370 e. The molecular formula is C18H29N5O2. The average molecular weight is 347 g/mol. The van der Waals surface area contributed by atoms with Crippen molar-refractivity contribution in [3.63, 3.8) is 0 Å². The summed E-state index contributed by atoms with van der Waals surface area (Å²) in [6.07, 6.45) is 1.75. The number of amides is 1. The summed E-state index contributed by atoms with van der Waals surface area (Å²) in [5.41, 5.74) is 11.6. The van der Waals surface area contributed by atoms with Crippen LogP contribution in [0.4, 0.5) is 0 Å². The number of hydrogen-bond donors (Lipinski definition) is 2. The number of benzene rings is 1. The van der Waals surface area contributed by atoms with Gasteiger partial charge in [-0.3, -0.25) is 19.5 Å². The predicted octanol–water partition coefficient (Wildman–Crippen LogP) is 0.590. The van der Waals surface area contributed by atoms with Crippen molar-refractivity contribution < 1.29 is 9.59 Å².